The van der Waals surface area contributed by atoms with Gasteiger partial charge in [-0.3, -0.25) is 0 Å². The van der Waals surface area contributed by atoms with Crippen molar-refractivity contribution in [2.75, 3.05) is 25.1 Å². The van der Waals surface area contributed by atoms with Crippen LogP contribution >= 0.6 is 0 Å². The molecule has 2 aromatic carbocycles. The summed E-state index contributed by atoms with van der Waals surface area (Å²) in [4.78, 5) is 0. The topological polar surface area (TPSA) is 30.5 Å². The standard InChI is InChI=1S/C18H23NO2/c1-3-20-12-13-21-18-10-8-17(9-11-18)19-14-16-7-5-4-6-15(16)2/h4-11,19H,3,12-14H2,1-2H3. The Hall–Kier alpha value is -2.00. The molecule has 0 bridgehead atoms. The summed E-state index contributed by atoms with van der Waals surface area (Å²) in [5.74, 6) is 0.871. The normalized spacial score (nSPS) is 10.4. The second-order valence-electron chi connectivity index (χ2n) is 4.85. The zero-order valence-electron chi connectivity index (χ0n) is 12.8. The first-order valence-electron chi connectivity index (χ1n) is 7.38. The summed E-state index contributed by atoms with van der Waals surface area (Å²) in [6.45, 7) is 6.89. The van der Waals surface area contributed by atoms with E-state index in [1.165, 1.54) is 11.1 Å². The zero-order valence-corrected chi connectivity index (χ0v) is 12.8. The molecule has 0 unspecified atom stereocenters. The Morgan fingerprint density at radius 2 is 1.71 bits per heavy atom. The summed E-state index contributed by atoms with van der Waals surface area (Å²) < 4.78 is 10.8. The Kier molecular flexibility index (Phi) is 6.10. The molecule has 21 heavy (non-hydrogen) atoms. The van der Waals surface area contributed by atoms with Crippen molar-refractivity contribution in [3.05, 3.63) is 59.7 Å². The smallest absolute Gasteiger partial charge is 0.119 e. The van der Waals surface area contributed by atoms with Gasteiger partial charge in [0.25, 0.3) is 0 Å². The van der Waals surface area contributed by atoms with Crippen LogP contribution in [0.5, 0.6) is 5.75 Å². The van der Waals surface area contributed by atoms with E-state index in [0.717, 1.165) is 24.6 Å². The van der Waals surface area contributed by atoms with Crippen LogP contribution in [0.25, 0.3) is 0 Å². The first-order chi connectivity index (χ1) is 10.3. The lowest BCUT2D eigenvalue weighted by molar-refractivity contribution is 0.110. The first-order valence-corrected chi connectivity index (χ1v) is 7.38. The van der Waals surface area contributed by atoms with Crippen LogP contribution in [0, 0.1) is 6.92 Å². The Bertz CT molecular complexity index is 537. The van der Waals surface area contributed by atoms with Crippen LogP contribution in [-0.2, 0) is 11.3 Å². The van der Waals surface area contributed by atoms with E-state index in [9.17, 15) is 0 Å². The van der Waals surface area contributed by atoms with E-state index in [1.807, 2.05) is 31.2 Å². The molecule has 0 atom stereocenters. The average Bonchev–Trinajstić information content (AvgIpc) is 2.52. The van der Waals surface area contributed by atoms with Gasteiger partial charge >= 0.3 is 0 Å². The SMILES string of the molecule is CCOCCOc1ccc(NCc2ccccc2C)cc1. The molecule has 0 fully saturated rings. The maximum atomic E-state index is 5.59. The fraction of sp³-hybridized carbons (Fsp3) is 0.333. The van der Waals surface area contributed by atoms with Crippen molar-refractivity contribution in [1.82, 2.24) is 0 Å². The molecule has 3 nitrogen and oxygen atoms in total. The van der Waals surface area contributed by atoms with E-state index in [2.05, 4.69) is 36.5 Å². The van der Waals surface area contributed by atoms with Crippen LogP contribution < -0.4 is 10.1 Å². The highest BCUT2D eigenvalue weighted by Gasteiger charge is 1.98. The summed E-state index contributed by atoms with van der Waals surface area (Å²) in [5, 5.41) is 3.43. The van der Waals surface area contributed by atoms with Gasteiger partial charge in [0.1, 0.15) is 12.4 Å². The van der Waals surface area contributed by atoms with Gasteiger partial charge < -0.3 is 14.8 Å². The molecular weight excluding hydrogens is 262 g/mol. The minimum Gasteiger partial charge on any atom is -0.491 e. The van der Waals surface area contributed by atoms with E-state index in [0.29, 0.717) is 13.2 Å². The van der Waals surface area contributed by atoms with Gasteiger partial charge in [-0.25, -0.2) is 0 Å². The van der Waals surface area contributed by atoms with E-state index >= 15 is 0 Å². The molecule has 0 amide bonds. The third-order valence-electron chi connectivity index (χ3n) is 3.30. The van der Waals surface area contributed by atoms with Gasteiger partial charge in [-0.15, -0.1) is 0 Å². The molecule has 0 saturated carbocycles. The van der Waals surface area contributed by atoms with Crippen LogP contribution in [0.1, 0.15) is 18.1 Å². The van der Waals surface area contributed by atoms with E-state index in [1.54, 1.807) is 0 Å². The fourth-order valence-electron chi connectivity index (χ4n) is 2.04. The van der Waals surface area contributed by atoms with E-state index in [-0.39, 0.29) is 0 Å². The molecule has 0 aliphatic carbocycles. The van der Waals surface area contributed by atoms with Gasteiger partial charge in [-0.1, -0.05) is 24.3 Å². The molecule has 0 heterocycles. The second kappa shape index (κ2) is 8.32. The summed E-state index contributed by atoms with van der Waals surface area (Å²) in [7, 11) is 0. The average molecular weight is 285 g/mol. The van der Waals surface area contributed by atoms with Crippen molar-refractivity contribution >= 4 is 5.69 Å². The maximum Gasteiger partial charge on any atom is 0.119 e. The van der Waals surface area contributed by atoms with Crippen LogP contribution in [0.3, 0.4) is 0 Å². The van der Waals surface area contributed by atoms with Crippen molar-refractivity contribution in [2.24, 2.45) is 0 Å². The molecule has 0 spiro atoms. The maximum absolute atomic E-state index is 5.59. The van der Waals surface area contributed by atoms with Gasteiger partial charge in [0, 0.05) is 18.8 Å². The lowest BCUT2D eigenvalue weighted by Gasteiger charge is -2.10. The molecule has 0 aliphatic heterocycles. The summed E-state index contributed by atoms with van der Waals surface area (Å²) in [6.07, 6.45) is 0. The third-order valence-corrected chi connectivity index (χ3v) is 3.30. The quantitative estimate of drug-likeness (QED) is 0.743. The molecule has 3 heteroatoms. The third kappa shape index (κ3) is 5.12. The minimum absolute atomic E-state index is 0.587. The van der Waals surface area contributed by atoms with Gasteiger partial charge in [0.15, 0.2) is 0 Å². The number of rotatable bonds is 8. The number of aryl methyl sites for hydroxylation is 1. The van der Waals surface area contributed by atoms with Crippen molar-refractivity contribution < 1.29 is 9.47 Å². The van der Waals surface area contributed by atoms with E-state index in [4.69, 9.17) is 9.47 Å². The number of hydrogen-bond donors (Lipinski definition) is 1. The fourth-order valence-corrected chi connectivity index (χ4v) is 2.04. The van der Waals surface area contributed by atoms with Crippen LogP contribution in [0.15, 0.2) is 48.5 Å². The van der Waals surface area contributed by atoms with Gasteiger partial charge in [0.2, 0.25) is 0 Å². The second-order valence-corrected chi connectivity index (χ2v) is 4.85. The zero-order chi connectivity index (χ0) is 14.9. The lowest BCUT2D eigenvalue weighted by Crippen LogP contribution is -2.06. The Balaban J connectivity index is 1.81. The number of anilines is 1. The van der Waals surface area contributed by atoms with Gasteiger partial charge in [-0.05, 0) is 49.2 Å². The van der Waals surface area contributed by atoms with Crippen molar-refractivity contribution in [3.63, 3.8) is 0 Å². The van der Waals surface area contributed by atoms with Crippen molar-refractivity contribution in [2.45, 2.75) is 20.4 Å². The molecule has 2 rings (SSSR count). The molecule has 0 aromatic heterocycles. The molecule has 0 saturated heterocycles. The van der Waals surface area contributed by atoms with Crippen molar-refractivity contribution in [3.8, 4) is 5.75 Å². The monoisotopic (exact) mass is 285 g/mol. The van der Waals surface area contributed by atoms with Crippen molar-refractivity contribution in [1.29, 1.82) is 0 Å². The largest absolute Gasteiger partial charge is 0.491 e. The number of nitrogens with one attached hydrogen (secondary N) is 1. The first kappa shape index (κ1) is 15.4. The molecular formula is C18H23NO2. The lowest BCUT2D eigenvalue weighted by atomic mass is 10.1. The van der Waals surface area contributed by atoms with Crippen LogP contribution in [-0.4, -0.2) is 19.8 Å². The Morgan fingerprint density at radius 3 is 2.43 bits per heavy atom. The molecule has 112 valence electrons. The highest BCUT2D eigenvalue weighted by molar-refractivity contribution is 5.47. The van der Waals surface area contributed by atoms with Crippen LogP contribution in [0.2, 0.25) is 0 Å². The molecule has 0 radical (unpaired) electrons. The molecule has 0 aliphatic rings. The summed E-state index contributed by atoms with van der Waals surface area (Å²) in [5.41, 5.74) is 3.71. The van der Waals surface area contributed by atoms with Crippen LogP contribution in [0.4, 0.5) is 5.69 Å². The predicted molar refractivity (Wildman–Crippen MR) is 86.9 cm³/mol. The van der Waals surface area contributed by atoms with E-state index < -0.39 is 0 Å². The summed E-state index contributed by atoms with van der Waals surface area (Å²) in [6, 6.07) is 16.4. The van der Waals surface area contributed by atoms with Gasteiger partial charge in [-0.2, -0.15) is 0 Å². The Morgan fingerprint density at radius 1 is 0.952 bits per heavy atom. The highest BCUT2D eigenvalue weighted by atomic mass is 16.5. The molecule has 1 N–H and O–H groups in total. The Labute approximate surface area is 126 Å². The molecule has 2 aromatic rings. The summed E-state index contributed by atoms with van der Waals surface area (Å²) >= 11 is 0. The van der Waals surface area contributed by atoms with Gasteiger partial charge in [0.05, 0.1) is 6.61 Å². The highest BCUT2D eigenvalue weighted by Crippen LogP contribution is 2.17. The minimum atomic E-state index is 0.587. The number of ether oxygens (including phenoxy) is 2. The number of benzene rings is 2. The predicted octanol–water partition coefficient (Wildman–Crippen LogP) is 4.02. The number of hydrogen-bond acceptors (Lipinski definition) is 3.